The number of aryl methyl sites for hydroxylation is 1. The monoisotopic (exact) mass is 356 g/mol. The summed E-state index contributed by atoms with van der Waals surface area (Å²) in [5.41, 5.74) is 3.08. The van der Waals surface area contributed by atoms with Crippen LogP contribution in [0.2, 0.25) is 0 Å². The molecule has 6 heteroatoms. The predicted octanol–water partition coefficient (Wildman–Crippen LogP) is 3.09. The molecule has 26 heavy (non-hydrogen) atoms. The van der Waals surface area contributed by atoms with E-state index >= 15 is 0 Å². The first-order valence-corrected chi connectivity index (χ1v) is 9.47. The Kier molecular flexibility index (Phi) is 5.59. The molecule has 0 radical (unpaired) electrons. The molecule has 3 rings (SSSR count). The Morgan fingerprint density at radius 1 is 1.38 bits per heavy atom. The molecule has 1 atom stereocenters. The third-order valence-corrected chi connectivity index (χ3v) is 4.94. The van der Waals surface area contributed by atoms with Gasteiger partial charge < -0.3 is 15.2 Å². The van der Waals surface area contributed by atoms with E-state index in [1.807, 2.05) is 24.0 Å². The van der Waals surface area contributed by atoms with Gasteiger partial charge in [0.2, 0.25) is 11.8 Å². The van der Waals surface area contributed by atoms with Crippen molar-refractivity contribution in [1.82, 2.24) is 20.2 Å². The number of carbonyl (C=O) groups excluding carboxylic acids is 2. The minimum atomic E-state index is -0.149. The quantitative estimate of drug-likeness (QED) is 0.800. The summed E-state index contributed by atoms with van der Waals surface area (Å²) in [6.07, 6.45) is 2.70. The first kappa shape index (κ1) is 18.4. The first-order chi connectivity index (χ1) is 12.4. The van der Waals surface area contributed by atoms with Gasteiger partial charge in [0.25, 0.3) is 0 Å². The van der Waals surface area contributed by atoms with E-state index in [9.17, 15) is 9.59 Å². The highest BCUT2D eigenvalue weighted by molar-refractivity contribution is 5.79. The lowest BCUT2D eigenvalue weighted by Crippen LogP contribution is -2.33. The molecule has 2 amide bonds. The molecule has 0 spiro atoms. The van der Waals surface area contributed by atoms with Crippen molar-refractivity contribution in [2.75, 3.05) is 13.1 Å². The molecule has 1 aliphatic rings. The maximum Gasteiger partial charge on any atom is 0.222 e. The molecular formula is C20H28N4O2. The van der Waals surface area contributed by atoms with Crippen LogP contribution in [0.4, 0.5) is 0 Å². The van der Waals surface area contributed by atoms with Crippen molar-refractivity contribution in [3.8, 4) is 0 Å². The van der Waals surface area contributed by atoms with E-state index in [2.05, 4.69) is 35.2 Å². The van der Waals surface area contributed by atoms with E-state index in [0.29, 0.717) is 25.8 Å². The zero-order valence-corrected chi connectivity index (χ0v) is 15.8. The Balaban J connectivity index is 1.60. The maximum atomic E-state index is 12.4. The standard InChI is InChI=1S/C20H28N4O2/c1-13(2)19(20-21-15-9-8-14(3)12-16(15)22-20)23-17(25)6-4-10-24-11-5-7-18(24)26/h8-9,12-13,19H,4-7,10-11H2,1-3H3,(H,21,22)(H,23,25)/t19-/m1/s1. The van der Waals surface area contributed by atoms with Crippen LogP contribution in [-0.4, -0.2) is 39.8 Å². The number of fused-ring (bicyclic) bond motifs is 1. The average Bonchev–Trinajstić information content (AvgIpc) is 3.18. The summed E-state index contributed by atoms with van der Waals surface area (Å²) in [4.78, 5) is 33.9. The highest BCUT2D eigenvalue weighted by atomic mass is 16.2. The molecule has 0 saturated carbocycles. The second-order valence-corrected chi connectivity index (χ2v) is 7.52. The number of nitrogens with zero attached hydrogens (tertiary/aromatic N) is 2. The third-order valence-electron chi connectivity index (χ3n) is 4.94. The minimum absolute atomic E-state index is 0.00647. The topological polar surface area (TPSA) is 78.1 Å². The molecule has 6 nitrogen and oxygen atoms in total. The fourth-order valence-corrected chi connectivity index (χ4v) is 3.46. The minimum Gasteiger partial charge on any atom is -0.346 e. The van der Waals surface area contributed by atoms with Crippen LogP contribution in [0.1, 0.15) is 57.0 Å². The fraction of sp³-hybridized carbons (Fsp3) is 0.550. The summed E-state index contributed by atoms with van der Waals surface area (Å²) in [6.45, 7) is 7.70. The van der Waals surface area contributed by atoms with Gasteiger partial charge in [-0.2, -0.15) is 0 Å². The normalized spacial score (nSPS) is 15.8. The molecule has 1 aliphatic heterocycles. The summed E-state index contributed by atoms with van der Waals surface area (Å²) < 4.78 is 0. The number of hydrogen-bond donors (Lipinski definition) is 2. The van der Waals surface area contributed by atoms with Gasteiger partial charge in [-0.1, -0.05) is 19.9 Å². The van der Waals surface area contributed by atoms with E-state index in [1.54, 1.807) is 0 Å². The highest BCUT2D eigenvalue weighted by Gasteiger charge is 2.23. The van der Waals surface area contributed by atoms with Crippen LogP contribution in [0.25, 0.3) is 11.0 Å². The Labute approximate surface area is 154 Å². The summed E-state index contributed by atoms with van der Waals surface area (Å²) in [5, 5.41) is 3.11. The zero-order chi connectivity index (χ0) is 18.7. The van der Waals surface area contributed by atoms with Crippen molar-refractivity contribution in [2.24, 2.45) is 5.92 Å². The van der Waals surface area contributed by atoms with Crippen molar-refractivity contribution < 1.29 is 9.59 Å². The van der Waals surface area contributed by atoms with Crippen LogP contribution in [0, 0.1) is 12.8 Å². The van der Waals surface area contributed by atoms with Gasteiger partial charge in [0.05, 0.1) is 17.1 Å². The lowest BCUT2D eigenvalue weighted by molar-refractivity contribution is -0.128. The maximum absolute atomic E-state index is 12.4. The van der Waals surface area contributed by atoms with Gasteiger partial charge >= 0.3 is 0 Å². The Bertz CT molecular complexity index is 796. The van der Waals surface area contributed by atoms with Gasteiger partial charge in [0.15, 0.2) is 0 Å². The smallest absolute Gasteiger partial charge is 0.222 e. The molecule has 140 valence electrons. The van der Waals surface area contributed by atoms with Crippen molar-refractivity contribution in [2.45, 2.75) is 52.5 Å². The number of aromatic amines is 1. The van der Waals surface area contributed by atoms with E-state index in [1.165, 1.54) is 5.56 Å². The van der Waals surface area contributed by atoms with Crippen LogP contribution >= 0.6 is 0 Å². The van der Waals surface area contributed by atoms with Crippen LogP contribution in [0.5, 0.6) is 0 Å². The number of benzene rings is 1. The molecule has 2 aromatic rings. The SMILES string of the molecule is Cc1ccc2nc([C@H](NC(=O)CCCN3CCCC3=O)C(C)C)[nH]c2c1. The number of aromatic nitrogens is 2. The number of amides is 2. The molecule has 0 bridgehead atoms. The second-order valence-electron chi connectivity index (χ2n) is 7.52. The summed E-state index contributed by atoms with van der Waals surface area (Å²) in [5.74, 6) is 1.24. The number of hydrogen-bond acceptors (Lipinski definition) is 3. The summed E-state index contributed by atoms with van der Waals surface area (Å²) >= 11 is 0. The summed E-state index contributed by atoms with van der Waals surface area (Å²) in [7, 11) is 0. The molecule has 0 unspecified atom stereocenters. The van der Waals surface area contributed by atoms with Crippen LogP contribution < -0.4 is 5.32 Å². The van der Waals surface area contributed by atoms with E-state index in [-0.39, 0.29) is 23.8 Å². The van der Waals surface area contributed by atoms with Crippen LogP contribution in [0.15, 0.2) is 18.2 Å². The Morgan fingerprint density at radius 2 is 2.19 bits per heavy atom. The van der Waals surface area contributed by atoms with Crippen LogP contribution in [0.3, 0.4) is 0 Å². The molecule has 1 saturated heterocycles. The molecular weight excluding hydrogens is 328 g/mol. The zero-order valence-electron chi connectivity index (χ0n) is 15.8. The van der Waals surface area contributed by atoms with E-state index in [4.69, 9.17) is 0 Å². The highest BCUT2D eigenvalue weighted by Crippen LogP contribution is 2.23. The lowest BCUT2D eigenvalue weighted by Gasteiger charge is -2.21. The number of likely N-dealkylation sites (tertiary alicyclic amines) is 1. The number of H-pyrrole nitrogens is 1. The van der Waals surface area contributed by atoms with E-state index < -0.39 is 0 Å². The van der Waals surface area contributed by atoms with Gasteiger partial charge in [-0.05, 0) is 43.4 Å². The van der Waals surface area contributed by atoms with Gasteiger partial charge in [0.1, 0.15) is 5.82 Å². The van der Waals surface area contributed by atoms with Gasteiger partial charge in [-0.15, -0.1) is 0 Å². The van der Waals surface area contributed by atoms with Crippen molar-refractivity contribution in [1.29, 1.82) is 0 Å². The number of rotatable bonds is 7. The third kappa shape index (κ3) is 4.23. The molecule has 1 aromatic heterocycles. The number of nitrogens with one attached hydrogen (secondary N) is 2. The van der Waals surface area contributed by atoms with Gasteiger partial charge in [0, 0.05) is 25.9 Å². The average molecular weight is 356 g/mol. The number of carbonyl (C=O) groups is 2. The largest absolute Gasteiger partial charge is 0.346 e. The van der Waals surface area contributed by atoms with Gasteiger partial charge in [-0.3, -0.25) is 9.59 Å². The summed E-state index contributed by atoms with van der Waals surface area (Å²) in [6, 6.07) is 5.95. The molecule has 2 N–H and O–H groups in total. The van der Waals surface area contributed by atoms with E-state index in [0.717, 1.165) is 29.8 Å². The second kappa shape index (κ2) is 7.89. The molecule has 0 aliphatic carbocycles. The Hall–Kier alpha value is -2.37. The first-order valence-electron chi connectivity index (χ1n) is 9.47. The van der Waals surface area contributed by atoms with Crippen molar-refractivity contribution in [3.63, 3.8) is 0 Å². The molecule has 2 heterocycles. The molecule has 1 fully saturated rings. The van der Waals surface area contributed by atoms with Crippen molar-refractivity contribution >= 4 is 22.8 Å². The fourth-order valence-electron chi connectivity index (χ4n) is 3.46. The van der Waals surface area contributed by atoms with Crippen LogP contribution in [-0.2, 0) is 9.59 Å². The van der Waals surface area contributed by atoms with Crippen molar-refractivity contribution in [3.05, 3.63) is 29.6 Å². The lowest BCUT2D eigenvalue weighted by atomic mass is 10.0. The Morgan fingerprint density at radius 3 is 2.88 bits per heavy atom. The molecule has 1 aromatic carbocycles. The number of imidazole rings is 1. The predicted molar refractivity (Wildman–Crippen MR) is 102 cm³/mol. The van der Waals surface area contributed by atoms with Gasteiger partial charge in [-0.25, -0.2) is 4.98 Å².